The SMILES string of the molecule is COc1ccc(C2CCCCC2)c2c1cc1n2C=C2C(=C3C[C@@H](C(=O)N(C)C)C(C(=O)c4nccn4C)C[C@H]31)C=NC2C(=O)NS(=O)(=O)N(C)C. The molecule has 2 saturated carbocycles. The summed E-state index contributed by atoms with van der Waals surface area (Å²) in [4.78, 5) is 52.5. The second-order valence-corrected chi connectivity index (χ2v) is 16.4. The van der Waals surface area contributed by atoms with Gasteiger partial charge >= 0.3 is 10.2 Å². The lowest BCUT2D eigenvalue weighted by molar-refractivity contribution is -0.134. The summed E-state index contributed by atoms with van der Waals surface area (Å²) < 4.78 is 38.4. The molecule has 51 heavy (non-hydrogen) atoms. The molecule has 2 unspecified atom stereocenters. The average Bonchev–Trinajstić information content (AvgIpc) is 3.82. The number of nitrogens with zero attached hydrogens (tertiary/aromatic N) is 6. The molecule has 1 aromatic carbocycles. The number of nitrogens with one attached hydrogen (secondary N) is 1. The fraction of sp³-hybridized carbons (Fsp3) is 0.486. The van der Waals surface area contributed by atoms with Gasteiger partial charge in [0.1, 0.15) is 5.75 Å². The van der Waals surface area contributed by atoms with Gasteiger partial charge in [0.15, 0.2) is 11.9 Å². The van der Waals surface area contributed by atoms with Crippen LogP contribution in [-0.2, 0) is 26.8 Å². The van der Waals surface area contributed by atoms with E-state index in [1.807, 2.05) is 12.3 Å². The molecule has 4 heterocycles. The molecule has 2 amide bonds. The Kier molecular flexibility index (Phi) is 9.03. The van der Waals surface area contributed by atoms with Crippen LogP contribution >= 0.6 is 0 Å². The number of allylic oxidation sites excluding steroid dienone is 1. The summed E-state index contributed by atoms with van der Waals surface area (Å²) in [5.41, 5.74) is 5.19. The van der Waals surface area contributed by atoms with Crippen molar-refractivity contribution in [1.29, 1.82) is 0 Å². The minimum atomic E-state index is -4.09. The molecule has 0 saturated heterocycles. The van der Waals surface area contributed by atoms with Crippen molar-refractivity contribution < 1.29 is 27.5 Å². The highest BCUT2D eigenvalue weighted by atomic mass is 32.2. The molecule has 13 nitrogen and oxygen atoms in total. The van der Waals surface area contributed by atoms with Gasteiger partial charge in [-0.2, -0.15) is 12.7 Å². The van der Waals surface area contributed by atoms with Gasteiger partial charge in [0.25, 0.3) is 5.91 Å². The Labute approximate surface area is 298 Å². The zero-order valence-corrected chi connectivity index (χ0v) is 30.7. The summed E-state index contributed by atoms with van der Waals surface area (Å²) in [6.07, 6.45) is 13.0. The van der Waals surface area contributed by atoms with Crippen LogP contribution in [0.1, 0.15) is 78.7 Å². The standard InChI is InChI=1S/C37H45N7O6S/c1-41(2)37(47)26-16-23-24(17-25(26)34(45)35-38-14-15-43(35)5)30-18-27-31(50-6)13-12-22(21-10-8-7-9-11-21)33(27)44(30)20-29-28(23)19-39-32(29)36(46)40-51(48,49)42(3)4/h12-15,18-21,24-26,32H,7-11,16-17H2,1-6H3,(H,40,46)/t24-,25?,26-,32?/m1/s1. The summed E-state index contributed by atoms with van der Waals surface area (Å²) in [6.45, 7) is 0. The zero-order valence-electron chi connectivity index (χ0n) is 29.9. The number of aliphatic imine (C=N–C) groups is 1. The summed E-state index contributed by atoms with van der Waals surface area (Å²) in [5, 5.41) is 0.920. The third-order valence-electron chi connectivity index (χ3n) is 11.1. The maximum atomic E-state index is 14.3. The Balaban J connectivity index is 1.46. The Morgan fingerprint density at radius 1 is 1.04 bits per heavy atom. The Morgan fingerprint density at radius 2 is 1.78 bits per heavy atom. The first kappa shape index (κ1) is 34.9. The van der Waals surface area contributed by atoms with E-state index in [4.69, 9.17) is 4.74 Å². The summed E-state index contributed by atoms with van der Waals surface area (Å²) in [7, 11) is 5.40. The molecule has 270 valence electrons. The molecular weight excluding hydrogens is 671 g/mol. The van der Waals surface area contributed by atoms with Crippen LogP contribution in [0.2, 0.25) is 0 Å². The molecule has 2 aromatic heterocycles. The van der Waals surface area contributed by atoms with Crippen molar-refractivity contribution >= 4 is 51.1 Å². The van der Waals surface area contributed by atoms with E-state index in [0.29, 0.717) is 35.1 Å². The number of ketones is 1. The summed E-state index contributed by atoms with van der Waals surface area (Å²) in [6, 6.07) is 5.14. The number of hydrogen-bond donors (Lipinski definition) is 1. The van der Waals surface area contributed by atoms with Crippen LogP contribution in [0.3, 0.4) is 0 Å². The third kappa shape index (κ3) is 5.91. The van der Waals surface area contributed by atoms with E-state index < -0.39 is 34.0 Å². The van der Waals surface area contributed by atoms with E-state index >= 15 is 0 Å². The van der Waals surface area contributed by atoms with E-state index in [0.717, 1.165) is 52.2 Å². The lowest BCUT2D eigenvalue weighted by atomic mass is 9.66. The molecule has 2 aliphatic carbocycles. The van der Waals surface area contributed by atoms with Gasteiger partial charge in [0.05, 0.1) is 18.5 Å². The van der Waals surface area contributed by atoms with E-state index in [9.17, 15) is 22.8 Å². The van der Waals surface area contributed by atoms with E-state index in [-0.39, 0.29) is 24.0 Å². The average molecular weight is 716 g/mol. The van der Waals surface area contributed by atoms with Crippen molar-refractivity contribution in [3.8, 4) is 5.75 Å². The van der Waals surface area contributed by atoms with Crippen molar-refractivity contribution in [3.05, 3.63) is 64.4 Å². The number of imidazole rings is 1. The normalized spacial score (nSPS) is 23.4. The number of carbonyl (C=O) groups excluding carboxylic acids is 3. The van der Waals surface area contributed by atoms with Crippen molar-refractivity contribution in [1.82, 2.24) is 28.0 Å². The number of carbonyl (C=O) groups is 3. The van der Waals surface area contributed by atoms with Crippen LogP contribution in [0.25, 0.3) is 17.1 Å². The van der Waals surface area contributed by atoms with Crippen LogP contribution in [0, 0.1) is 11.8 Å². The van der Waals surface area contributed by atoms with Crippen LogP contribution in [0.15, 0.2) is 52.3 Å². The molecule has 2 fully saturated rings. The molecule has 4 aliphatic rings. The Morgan fingerprint density at radius 3 is 2.43 bits per heavy atom. The van der Waals surface area contributed by atoms with Crippen LogP contribution in [0.5, 0.6) is 5.75 Å². The molecule has 14 heteroatoms. The lowest BCUT2D eigenvalue weighted by Gasteiger charge is -2.38. The largest absolute Gasteiger partial charge is 0.496 e. The third-order valence-corrected chi connectivity index (χ3v) is 12.6. The topological polar surface area (TPSA) is 148 Å². The highest BCUT2D eigenvalue weighted by Gasteiger charge is 2.47. The molecule has 0 spiro atoms. The first-order valence-corrected chi connectivity index (χ1v) is 18.9. The maximum Gasteiger partial charge on any atom is 0.303 e. The molecule has 0 bridgehead atoms. The number of aryl methyl sites for hydroxylation is 1. The van der Waals surface area contributed by atoms with Crippen molar-refractivity contribution in [2.75, 3.05) is 35.3 Å². The highest BCUT2D eigenvalue weighted by Crippen LogP contribution is 2.52. The molecule has 2 aliphatic heterocycles. The van der Waals surface area contributed by atoms with Crippen LogP contribution in [-0.4, -0.2) is 96.9 Å². The Hall–Kier alpha value is -4.56. The van der Waals surface area contributed by atoms with Gasteiger partial charge in [-0.3, -0.25) is 19.4 Å². The number of benzene rings is 1. The molecule has 3 aromatic rings. The molecule has 4 atom stereocenters. The van der Waals surface area contributed by atoms with Crippen molar-refractivity contribution in [2.24, 2.45) is 23.9 Å². The smallest absolute Gasteiger partial charge is 0.303 e. The number of methoxy groups -OCH3 is 1. The first-order valence-electron chi connectivity index (χ1n) is 17.5. The van der Waals surface area contributed by atoms with Crippen LogP contribution in [0.4, 0.5) is 0 Å². The number of fused-ring (bicyclic) bond motifs is 6. The van der Waals surface area contributed by atoms with E-state index in [1.165, 1.54) is 31.0 Å². The summed E-state index contributed by atoms with van der Waals surface area (Å²) >= 11 is 0. The maximum absolute atomic E-state index is 14.3. The second kappa shape index (κ2) is 13.2. The van der Waals surface area contributed by atoms with Gasteiger partial charge < -0.3 is 18.8 Å². The van der Waals surface area contributed by atoms with Crippen LogP contribution < -0.4 is 9.46 Å². The number of amides is 2. The quantitative estimate of drug-likeness (QED) is 0.346. The minimum Gasteiger partial charge on any atom is -0.496 e. The predicted molar refractivity (Wildman–Crippen MR) is 194 cm³/mol. The fourth-order valence-electron chi connectivity index (χ4n) is 8.50. The van der Waals surface area contributed by atoms with E-state index in [2.05, 4.69) is 31.4 Å². The fourth-order valence-corrected chi connectivity index (χ4v) is 9.05. The van der Waals surface area contributed by atoms with E-state index in [1.54, 1.807) is 51.4 Å². The first-order chi connectivity index (χ1) is 24.3. The number of rotatable bonds is 8. The number of Topliss-reactive ketones (excluding diaryl/α,β-unsaturated/α-hetero) is 1. The number of aromatic nitrogens is 3. The van der Waals surface area contributed by atoms with Gasteiger partial charge in [0, 0.05) is 88.5 Å². The second-order valence-electron chi connectivity index (χ2n) is 14.5. The molecule has 1 N–H and O–H groups in total. The number of ether oxygens (including phenoxy) is 1. The van der Waals surface area contributed by atoms with Gasteiger partial charge in [-0.15, -0.1) is 0 Å². The Bertz CT molecular complexity index is 2130. The molecular formula is C37H45N7O6S. The highest BCUT2D eigenvalue weighted by molar-refractivity contribution is 7.87. The zero-order chi connectivity index (χ0) is 36.4. The summed E-state index contributed by atoms with van der Waals surface area (Å²) in [5.74, 6) is -1.51. The molecule has 0 radical (unpaired) electrons. The van der Waals surface area contributed by atoms with Gasteiger partial charge in [-0.05, 0) is 54.9 Å². The van der Waals surface area contributed by atoms with Crippen molar-refractivity contribution in [2.45, 2.75) is 62.8 Å². The minimum absolute atomic E-state index is 0.174. The van der Waals surface area contributed by atoms with Gasteiger partial charge in [-0.1, -0.05) is 30.9 Å². The lowest BCUT2D eigenvalue weighted by Crippen LogP contribution is -2.44. The van der Waals surface area contributed by atoms with Gasteiger partial charge in [-0.25, -0.2) is 9.71 Å². The monoisotopic (exact) mass is 715 g/mol. The van der Waals surface area contributed by atoms with Crippen molar-refractivity contribution in [3.63, 3.8) is 0 Å². The van der Waals surface area contributed by atoms with Gasteiger partial charge in [0.2, 0.25) is 11.7 Å². The predicted octanol–water partition coefficient (Wildman–Crippen LogP) is 4.04. The molecule has 7 rings (SSSR count). The number of hydrogen-bond acceptors (Lipinski definition) is 8.